The Labute approximate surface area is 106 Å². The zero-order valence-corrected chi connectivity index (χ0v) is 10.6. The summed E-state index contributed by atoms with van der Waals surface area (Å²) in [6.07, 6.45) is 0. The maximum atomic E-state index is 5.81. The van der Waals surface area contributed by atoms with Crippen molar-refractivity contribution in [3.8, 4) is 11.3 Å². The number of nitrogen functional groups attached to an aromatic ring is 1. The summed E-state index contributed by atoms with van der Waals surface area (Å²) < 4.78 is 0. The van der Waals surface area contributed by atoms with Gasteiger partial charge in [-0.3, -0.25) is 0 Å². The Morgan fingerprint density at radius 2 is 1.61 bits per heavy atom. The molecule has 1 aromatic heterocycles. The second kappa shape index (κ2) is 3.91. The van der Waals surface area contributed by atoms with Crippen LogP contribution in [0.1, 0.15) is 11.1 Å². The zero-order chi connectivity index (χ0) is 12.7. The molecule has 90 valence electrons. The van der Waals surface area contributed by atoms with E-state index in [1.165, 1.54) is 16.7 Å². The fourth-order valence-corrected chi connectivity index (χ4v) is 2.44. The highest BCUT2D eigenvalue weighted by Crippen LogP contribution is 2.26. The number of aromatic nitrogens is 1. The summed E-state index contributed by atoms with van der Waals surface area (Å²) >= 11 is 0. The second-order valence-electron chi connectivity index (χ2n) is 4.91. The van der Waals surface area contributed by atoms with Crippen LogP contribution in [0.2, 0.25) is 0 Å². The minimum absolute atomic E-state index is 0.800. The maximum absolute atomic E-state index is 5.81. The van der Waals surface area contributed by atoms with Gasteiger partial charge in [0.15, 0.2) is 0 Å². The van der Waals surface area contributed by atoms with Gasteiger partial charge in [0.1, 0.15) is 0 Å². The normalized spacial score (nSPS) is 11.0. The number of aromatic amines is 1. The Bertz CT molecular complexity index is 703. The van der Waals surface area contributed by atoms with Crippen molar-refractivity contribution >= 4 is 16.6 Å². The van der Waals surface area contributed by atoms with E-state index in [1.807, 2.05) is 18.2 Å². The van der Waals surface area contributed by atoms with Crippen LogP contribution in [-0.4, -0.2) is 4.98 Å². The van der Waals surface area contributed by atoms with E-state index in [2.05, 4.69) is 43.1 Å². The first-order valence-electron chi connectivity index (χ1n) is 6.09. The molecule has 3 N–H and O–H groups in total. The molecule has 2 heteroatoms. The first-order valence-corrected chi connectivity index (χ1v) is 6.09. The van der Waals surface area contributed by atoms with Crippen LogP contribution in [0.25, 0.3) is 22.2 Å². The van der Waals surface area contributed by atoms with Gasteiger partial charge in [0.2, 0.25) is 0 Å². The average Bonchev–Trinajstić information content (AvgIpc) is 2.70. The third-order valence-corrected chi connectivity index (χ3v) is 3.18. The SMILES string of the molecule is Cc1cc(C)cc(-c2cc3cc(N)ccc3[nH]2)c1. The Hall–Kier alpha value is -2.22. The molecule has 1 heterocycles. The molecule has 0 fully saturated rings. The van der Waals surface area contributed by atoms with Crippen LogP contribution in [0.5, 0.6) is 0 Å². The maximum Gasteiger partial charge on any atom is 0.0464 e. The number of nitrogens with two attached hydrogens (primary N) is 1. The average molecular weight is 236 g/mol. The van der Waals surface area contributed by atoms with Crippen molar-refractivity contribution in [2.24, 2.45) is 0 Å². The number of H-pyrrole nitrogens is 1. The summed E-state index contributed by atoms with van der Waals surface area (Å²) in [4.78, 5) is 3.44. The molecule has 0 aliphatic heterocycles. The summed E-state index contributed by atoms with van der Waals surface area (Å²) in [5, 5.41) is 1.16. The monoisotopic (exact) mass is 236 g/mol. The molecule has 3 rings (SSSR count). The second-order valence-corrected chi connectivity index (χ2v) is 4.91. The summed E-state index contributed by atoms with van der Waals surface area (Å²) in [6.45, 7) is 4.24. The van der Waals surface area contributed by atoms with Crippen LogP contribution in [-0.2, 0) is 0 Å². The molecule has 2 aromatic carbocycles. The van der Waals surface area contributed by atoms with Gasteiger partial charge in [0.25, 0.3) is 0 Å². The van der Waals surface area contributed by atoms with E-state index in [0.29, 0.717) is 0 Å². The van der Waals surface area contributed by atoms with Crippen LogP contribution < -0.4 is 5.73 Å². The first kappa shape index (κ1) is 10.9. The van der Waals surface area contributed by atoms with Crippen molar-refractivity contribution in [1.29, 1.82) is 0 Å². The van der Waals surface area contributed by atoms with Crippen molar-refractivity contribution in [3.05, 3.63) is 53.6 Å². The Morgan fingerprint density at radius 1 is 0.889 bits per heavy atom. The standard InChI is InChI=1S/C16H16N2/c1-10-5-11(2)7-12(6-10)16-9-13-8-14(17)3-4-15(13)18-16/h3-9,18H,17H2,1-2H3. The molecule has 0 aliphatic carbocycles. The van der Waals surface area contributed by atoms with Gasteiger partial charge in [-0.15, -0.1) is 0 Å². The van der Waals surface area contributed by atoms with Crippen LogP contribution in [0.3, 0.4) is 0 Å². The minimum Gasteiger partial charge on any atom is -0.399 e. The van der Waals surface area contributed by atoms with Crippen LogP contribution in [0.4, 0.5) is 5.69 Å². The van der Waals surface area contributed by atoms with E-state index in [-0.39, 0.29) is 0 Å². The highest BCUT2D eigenvalue weighted by atomic mass is 14.7. The lowest BCUT2D eigenvalue weighted by Gasteiger charge is -2.02. The van der Waals surface area contributed by atoms with E-state index >= 15 is 0 Å². The van der Waals surface area contributed by atoms with Crippen molar-refractivity contribution in [2.75, 3.05) is 5.73 Å². The smallest absolute Gasteiger partial charge is 0.0464 e. The third-order valence-electron chi connectivity index (χ3n) is 3.18. The lowest BCUT2D eigenvalue weighted by atomic mass is 10.1. The van der Waals surface area contributed by atoms with Crippen molar-refractivity contribution in [1.82, 2.24) is 4.98 Å². The molecule has 3 aromatic rings. The van der Waals surface area contributed by atoms with E-state index in [0.717, 1.165) is 22.3 Å². The van der Waals surface area contributed by atoms with Gasteiger partial charge in [-0.1, -0.05) is 17.2 Å². The lowest BCUT2D eigenvalue weighted by Crippen LogP contribution is -1.82. The van der Waals surface area contributed by atoms with Crippen molar-refractivity contribution < 1.29 is 0 Å². The lowest BCUT2D eigenvalue weighted by molar-refractivity contribution is 1.36. The van der Waals surface area contributed by atoms with Gasteiger partial charge in [-0.25, -0.2) is 0 Å². The van der Waals surface area contributed by atoms with Crippen LogP contribution >= 0.6 is 0 Å². The third kappa shape index (κ3) is 1.86. The van der Waals surface area contributed by atoms with Gasteiger partial charge in [-0.2, -0.15) is 0 Å². The van der Waals surface area contributed by atoms with E-state index in [1.54, 1.807) is 0 Å². The Kier molecular flexibility index (Phi) is 2.37. The molecule has 0 bridgehead atoms. The fraction of sp³-hybridized carbons (Fsp3) is 0.125. The number of hydrogen-bond acceptors (Lipinski definition) is 1. The van der Waals surface area contributed by atoms with Crippen molar-refractivity contribution in [3.63, 3.8) is 0 Å². The van der Waals surface area contributed by atoms with Gasteiger partial charge in [0, 0.05) is 22.3 Å². The van der Waals surface area contributed by atoms with Gasteiger partial charge >= 0.3 is 0 Å². The van der Waals surface area contributed by atoms with E-state index in [4.69, 9.17) is 5.73 Å². The van der Waals surface area contributed by atoms with Gasteiger partial charge in [-0.05, 0) is 55.8 Å². The van der Waals surface area contributed by atoms with Crippen molar-refractivity contribution in [2.45, 2.75) is 13.8 Å². The summed E-state index contributed by atoms with van der Waals surface area (Å²) in [5.74, 6) is 0. The summed E-state index contributed by atoms with van der Waals surface area (Å²) in [6, 6.07) is 14.7. The summed E-state index contributed by atoms with van der Waals surface area (Å²) in [5.41, 5.74) is 12.7. The number of rotatable bonds is 1. The number of benzene rings is 2. The molecular weight excluding hydrogens is 220 g/mol. The van der Waals surface area contributed by atoms with Crippen LogP contribution in [0.15, 0.2) is 42.5 Å². The summed E-state index contributed by atoms with van der Waals surface area (Å²) in [7, 11) is 0. The Balaban J connectivity index is 2.19. The molecule has 0 saturated carbocycles. The molecule has 0 amide bonds. The quantitative estimate of drug-likeness (QED) is 0.615. The predicted molar refractivity (Wildman–Crippen MR) is 77.6 cm³/mol. The number of anilines is 1. The van der Waals surface area contributed by atoms with Gasteiger partial charge in [0.05, 0.1) is 0 Å². The predicted octanol–water partition coefficient (Wildman–Crippen LogP) is 4.03. The number of aryl methyl sites for hydroxylation is 2. The molecule has 0 atom stereocenters. The zero-order valence-electron chi connectivity index (χ0n) is 10.6. The molecule has 2 nitrogen and oxygen atoms in total. The molecule has 0 radical (unpaired) electrons. The molecule has 0 aliphatic rings. The molecule has 0 unspecified atom stereocenters. The highest BCUT2D eigenvalue weighted by Gasteiger charge is 2.04. The fourth-order valence-electron chi connectivity index (χ4n) is 2.44. The molecule has 0 saturated heterocycles. The molecule has 0 spiro atoms. The minimum atomic E-state index is 0.800. The Morgan fingerprint density at radius 3 is 2.33 bits per heavy atom. The topological polar surface area (TPSA) is 41.8 Å². The molecular formula is C16H16N2. The largest absolute Gasteiger partial charge is 0.399 e. The highest BCUT2D eigenvalue weighted by molar-refractivity contribution is 5.88. The van der Waals surface area contributed by atoms with Gasteiger partial charge < -0.3 is 10.7 Å². The van der Waals surface area contributed by atoms with Crippen LogP contribution in [0, 0.1) is 13.8 Å². The molecule has 18 heavy (non-hydrogen) atoms. The number of fused-ring (bicyclic) bond motifs is 1. The number of hydrogen-bond donors (Lipinski definition) is 2. The van der Waals surface area contributed by atoms with E-state index < -0.39 is 0 Å². The first-order chi connectivity index (χ1) is 8.61. The number of nitrogens with one attached hydrogen (secondary N) is 1. The van der Waals surface area contributed by atoms with E-state index in [9.17, 15) is 0 Å².